The molecule has 0 aromatic heterocycles. The van der Waals surface area contributed by atoms with Crippen molar-refractivity contribution in [3.63, 3.8) is 0 Å². The van der Waals surface area contributed by atoms with Gasteiger partial charge in [-0.1, -0.05) is 28.1 Å². The summed E-state index contributed by atoms with van der Waals surface area (Å²) in [6.07, 6.45) is 2.44. The summed E-state index contributed by atoms with van der Waals surface area (Å²) in [5, 5.41) is 0. The number of hydrogen-bond acceptors (Lipinski definition) is 3. The number of likely N-dealkylation sites (tertiary alicyclic amines) is 1. The maximum absolute atomic E-state index is 12.2. The molecule has 2 rings (SSSR count). The van der Waals surface area contributed by atoms with E-state index >= 15 is 0 Å². The highest BCUT2D eigenvalue weighted by atomic mass is 79.9. The van der Waals surface area contributed by atoms with E-state index in [0.29, 0.717) is 13.0 Å². The normalized spacial score (nSPS) is 19.2. The zero-order valence-corrected chi connectivity index (χ0v) is 11.7. The summed E-state index contributed by atoms with van der Waals surface area (Å²) in [4.78, 5) is 18.8. The van der Waals surface area contributed by atoms with Crippen LogP contribution in [-0.4, -0.2) is 30.0 Å². The molecule has 1 saturated heterocycles. The van der Waals surface area contributed by atoms with E-state index in [1.807, 2.05) is 29.2 Å². The van der Waals surface area contributed by atoms with Crippen molar-refractivity contribution < 1.29 is 9.63 Å². The van der Waals surface area contributed by atoms with Crippen LogP contribution in [0.5, 0.6) is 0 Å². The van der Waals surface area contributed by atoms with Crippen LogP contribution in [0, 0.1) is 0 Å². The van der Waals surface area contributed by atoms with Crippen molar-refractivity contribution in [2.45, 2.75) is 25.3 Å². The topological polar surface area (TPSA) is 55.6 Å². The Morgan fingerprint density at radius 1 is 1.44 bits per heavy atom. The molecule has 18 heavy (non-hydrogen) atoms. The lowest BCUT2D eigenvalue weighted by Gasteiger charge is -2.23. The van der Waals surface area contributed by atoms with Crippen molar-refractivity contribution in [1.29, 1.82) is 0 Å². The van der Waals surface area contributed by atoms with Crippen LogP contribution >= 0.6 is 15.9 Å². The maximum atomic E-state index is 12.2. The Morgan fingerprint density at radius 3 is 2.83 bits per heavy atom. The Morgan fingerprint density at radius 2 is 2.17 bits per heavy atom. The van der Waals surface area contributed by atoms with Crippen molar-refractivity contribution in [3.8, 4) is 0 Å². The first-order valence-electron chi connectivity index (χ1n) is 6.06. The van der Waals surface area contributed by atoms with E-state index in [1.165, 1.54) is 0 Å². The van der Waals surface area contributed by atoms with Gasteiger partial charge in [-0.2, -0.15) is 0 Å². The zero-order chi connectivity index (χ0) is 13.0. The van der Waals surface area contributed by atoms with Gasteiger partial charge in [0.15, 0.2) is 0 Å². The molecule has 2 N–H and O–H groups in total. The van der Waals surface area contributed by atoms with E-state index in [9.17, 15) is 4.79 Å². The Labute approximate surface area is 115 Å². The quantitative estimate of drug-likeness (QED) is 0.864. The van der Waals surface area contributed by atoms with Gasteiger partial charge in [-0.15, -0.1) is 0 Å². The first-order valence-corrected chi connectivity index (χ1v) is 6.85. The minimum atomic E-state index is 0.137. The molecular weight excluding hydrogens is 296 g/mol. The standard InChI is InChI=1S/C13H17BrN2O2/c14-11-5-3-10(4-6-11)8-13(17)16-7-1-2-12(16)9-18-15/h3-6,12H,1-2,7-9,15H2. The molecule has 1 aliphatic rings. The molecule has 0 saturated carbocycles. The molecular formula is C13H17BrN2O2. The van der Waals surface area contributed by atoms with Crippen LogP contribution in [0.3, 0.4) is 0 Å². The fraction of sp³-hybridized carbons (Fsp3) is 0.462. The highest BCUT2D eigenvalue weighted by Gasteiger charge is 2.28. The molecule has 1 aromatic rings. The molecule has 1 unspecified atom stereocenters. The molecule has 1 aromatic carbocycles. The van der Waals surface area contributed by atoms with E-state index in [-0.39, 0.29) is 11.9 Å². The molecule has 5 heteroatoms. The third-order valence-corrected chi connectivity index (χ3v) is 3.78. The van der Waals surface area contributed by atoms with Gasteiger partial charge in [0.25, 0.3) is 0 Å². The number of benzene rings is 1. The van der Waals surface area contributed by atoms with Crippen LogP contribution in [0.2, 0.25) is 0 Å². The summed E-state index contributed by atoms with van der Waals surface area (Å²) in [7, 11) is 0. The van der Waals surface area contributed by atoms with Crippen molar-refractivity contribution in [2.75, 3.05) is 13.2 Å². The molecule has 0 radical (unpaired) electrons. The lowest BCUT2D eigenvalue weighted by atomic mass is 10.1. The van der Waals surface area contributed by atoms with Gasteiger partial charge in [0.2, 0.25) is 5.91 Å². The van der Waals surface area contributed by atoms with Crippen molar-refractivity contribution in [3.05, 3.63) is 34.3 Å². The maximum Gasteiger partial charge on any atom is 0.227 e. The van der Waals surface area contributed by atoms with E-state index in [2.05, 4.69) is 20.8 Å². The van der Waals surface area contributed by atoms with E-state index in [1.54, 1.807) is 0 Å². The number of amides is 1. The van der Waals surface area contributed by atoms with Crippen LogP contribution in [0.15, 0.2) is 28.7 Å². The lowest BCUT2D eigenvalue weighted by Crippen LogP contribution is -2.39. The summed E-state index contributed by atoms with van der Waals surface area (Å²) in [6.45, 7) is 1.23. The van der Waals surface area contributed by atoms with E-state index < -0.39 is 0 Å². The van der Waals surface area contributed by atoms with Gasteiger partial charge in [-0.25, -0.2) is 5.90 Å². The summed E-state index contributed by atoms with van der Waals surface area (Å²) >= 11 is 3.38. The van der Waals surface area contributed by atoms with Crippen LogP contribution in [-0.2, 0) is 16.1 Å². The number of carbonyl (C=O) groups excluding carboxylic acids is 1. The van der Waals surface area contributed by atoms with Crippen LogP contribution in [0.25, 0.3) is 0 Å². The van der Waals surface area contributed by atoms with Gasteiger partial charge in [0, 0.05) is 11.0 Å². The second kappa shape index (κ2) is 6.31. The number of rotatable bonds is 4. The second-order valence-corrected chi connectivity index (χ2v) is 5.44. The third-order valence-electron chi connectivity index (χ3n) is 3.25. The predicted molar refractivity (Wildman–Crippen MR) is 72.7 cm³/mol. The monoisotopic (exact) mass is 312 g/mol. The molecule has 0 bridgehead atoms. The Hall–Kier alpha value is -0.910. The molecule has 0 spiro atoms. The highest BCUT2D eigenvalue weighted by Crippen LogP contribution is 2.19. The van der Waals surface area contributed by atoms with Gasteiger partial charge in [0.05, 0.1) is 19.1 Å². The first kappa shape index (κ1) is 13.5. The van der Waals surface area contributed by atoms with Crippen LogP contribution in [0.1, 0.15) is 18.4 Å². The van der Waals surface area contributed by atoms with Crippen LogP contribution in [0.4, 0.5) is 0 Å². The number of nitrogens with two attached hydrogens (primary N) is 1. The Bertz CT molecular complexity index is 408. The SMILES string of the molecule is NOCC1CCCN1C(=O)Cc1ccc(Br)cc1. The molecule has 1 aliphatic heterocycles. The number of hydrogen-bond donors (Lipinski definition) is 1. The fourth-order valence-corrected chi connectivity index (χ4v) is 2.59. The molecule has 0 aliphatic carbocycles. The minimum Gasteiger partial charge on any atom is -0.337 e. The summed E-state index contributed by atoms with van der Waals surface area (Å²) in [6, 6.07) is 7.97. The largest absolute Gasteiger partial charge is 0.337 e. The van der Waals surface area contributed by atoms with Gasteiger partial charge < -0.3 is 9.74 Å². The number of halogens is 1. The zero-order valence-electron chi connectivity index (χ0n) is 10.1. The molecule has 98 valence electrons. The lowest BCUT2D eigenvalue weighted by molar-refractivity contribution is -0.132. The molecule has 1 amide bonds. The van der Waals surface area contributed by atoms with Gasteiger partial charge >= 0.3 is 0 Å². The summed E-state index contributed by atoms with van der Waals surface area (Å²) < 4.78 is 1.02. The molecule has 4 nitrogen and oxygen atoms in total. The van der Waals surface area contributed by atoms with Crippen molar-refractivity contribution >= 4 is 21.8 Å². The third kappa shape index (κ3) is 3.31. The highest BCUT2D eigenvalue weighted by molar-refractivity contribution is 9.10. The van der Waals surface area contributed by atoms with E-state index in [4.69, 9.17) is 5.90 Å². The Balaban J connectivity index is 1.96. The number of nitrogens with zero attached hydrogens (tertiary/aromatic N) is 1. The Kier molecular flexibility index (Phi) is 4.74. The smallest absolute Gasteiger partial charge is 0.227 e. The summed E-state index contributed by atoms with van der Waals surface area (Å²) in [5.74, 6) is 5.25. The van der Waals surface area contributed by atoms with Gasteiger partial charge in [-0.05, 0) is 30.5 Å². The first-order chi connectivity index (χ1) is 8.70. The van der Waals surface area contributed by atoms with Crippen molar-refractivity contribution in [1.82, 2.24) is 4.90 Å². The fourth-order valence-electron chi connectivity index (χ4n) is 2.33. The number of carbonyl (C=O) groups is 1. The molecule has 1 heterocycles. The minimum absolute atomic E-state index is 0.137. The van der Waals surface area contributed by atoms with Gasteiger partial charge in [0.1, 0.15) is 0 Å². The van der Waals surface area contributed by atoms with E-state index in [0.717, 1.165) is 29.4 Å². The van der Waals surface area contributed by atoms with Crippen LogP contribution < -0.4 is 5.90 Å². The predicted octanol–water partition coefficient (Wildman–Crippen LogP) is 1.87. The average molecular weight is 313 g/mol. The molecule has 1 fully saturated rings. The summed E-state index contributed by atoms with van der Waals surface area (Å²) in [5.41, 5.74) is 1.03. The second-order valence-electron chi connectivity index (χ2n) is 4.52. The average Bonchev–Trinajstić information content (AvgIpc) is 2.81. The van der Waals surface area contributed by atoms with Gasteiger partial charge in [-0.3, -0.25) is 4.79 Å². The van der Waals surface area contributed by atoms with Crippen molar-refractivity contribution in [2.24, 2.45) is 5.90 Å². The molecule has 1 atom stereocenters.